The van der Waals surface area contributed by atoms with Crippen molar-refractivity contribution >= 4 is 68.2 Å². The normalized spacial score (nSPS) is 15.1. The van der Waals surface area contributed by atoms with E-state index in [0.29, 0.717) is 58.1 Å². The summed E-state index contributed by atoms with van der Waals surface area (Å²) in [5.74, 6) is 1.70. The van der Waals surface area contributed by atoms with Crippen LogP contribution in [0.1, 0.15) is 12.0 Å². The second-order valence-corrected chi connectivity index (χ2v) is 15.5. The average molecular weight is 691 g/mol. The van der Waals surface area contributed by atoms with E-state index in [-0.39, 0.29) is 0 Å². The lowest BCUT2D eigenvalue weighted by atomic mass is 9.94. The highest BCUT2D eigenvalue weighted by Crippen LogP contribution is 2.47. The number of aryl methyl sites for hydroxylation is 1. The standard InChI is InChI=1S/C31H33BrN9O3P/c1-40-18-19(16-36-40)21-15-25(28-20(5-4-12-44-28)27(21)41-10-13-43-14-11-41)38-31-35-17-22(32)30(39-31)37-24-7-6-23-26(34-9-8-33-23)29(24)45(2,3)42/h6-9,15-18H,4-5,10-14H2,1-3H3,(H2,35,37,38,39). The Labute approximate surface area is 269 Å². The fourth-order valence-electron chi connectivity index (χ4n) is 5.98. The Hall–Kier alpha value is -4.06. The number of hydrogen-bond donors (Lipinski definition) is 2. The molecule has 2 aliphatic rings. The lowest BCUT2D eigenvalue weighted by Gasteiger charge is -2.35. The second-order valence-electron chi connectivity index (χ2n) is 11.5. The van der Waals surface area contributed by atoms with Crippen molar-refractivity contribution < 1.29 is 14.0 Å². The molecule has 1 saturated heterocycles. The first-order valence-corrected chi connectivity index (χ1v) is 18.2. The van der Waals surface area contributed by atoms with Gasteiger partial charge in [-0.25, -0.2) is 4.98 Å². The van der Waals surface area contributed by atoms with E-state index in [9.17, 15) is 4.57 Å². The van der Waals surface area contributed by atoms with Gasteiger partial charge in [0.25, 0.3) is 0 Å². The number of fused-ring (bicyclic) bond motifs is 2. The smallest absolute Gasteiger partial charge is 0.229 e. The molecule has 2 aromatic carbocycles. The lowest BCUT2D eigenvalue weighted by Crippen LogP contribution is -2.37. The molecule has 0 spiro atoms. The third kappa shape index (κ3) is 5.87. The Morgan fingerprint density at radius 1 is 1.00 bits per heavy atom. The first kappa shape index (κ1) is 29.6. The summed E-state index contributed by atoms with van der Waals surface area (Å²) >= 11 is 3.59. The van der Waals surface area contributed by atoms with Crippen LogP contribution in [-0.2, 0) is 22.8 Å². The topological polar surface area (TPSA) is 132 Å². The van der Waals surface area contributed by atoms with Crippen molar-refractivity contribution in [3.05, 3.63) is 59.2 Å². The van der Waals surface area contributed by atoms with E-state index in [2.05, 4.69) is 57.6 Å². The molecular weight excluding hydrogens is 657 g/mol. The zero-order valence-corrected chi connectivity index (χ0v) is 27.7. The van der Waals surface area contributed by atoms with E-state index in [0.717, 1.165) is 54.1 Å². The molecule has 0 saturated carbocycles. The minimum Gasteiger partial charge on any atom is -0.491 e. The minimum absolute atomic E-state index is 0.381. The van der Waals surface area contributed by atoms with Crippen LogP contribution in [0.5, 0.6) is 5.75 Å². The predicted molar refractivity (Wildman–Crippen MR) is 180 cm³/mol. The molecule has 2 N–H and O–H groups in total. The summed E-state index contributed by atoms with van der Waals surface area (Å²) in [5, 5.41) is 11.9. The molecule has 14 heteroatoms. The molecule has 7 rings (SSSR count). The maximum Gasteiger partial charge on any atom is 0.229 e. The van der Waals surface area contributed by atoms with Gasteiger partial charge in [-0.15, -0.1) is 0 Å². The minimum atomic E-state index is -2.76. The number of halogens is 1. The number of nitrogens with one attached hydrogen (secondary N) is 2. The molecule has 0 atom stereocenters. The maximum absolute atomic E-state index is 13.5. The Morgan fingerprint density at radius 2 is 1.82 bits per heavy atom. The second kappa shape index (κ2) is 12.0. The average Bonchev–Trinajstić information content (AvgIpc) is 3.48. The molecule has 1 fully saturated rings. The first-order valence-electron chi connectivity index (χ1n) is 14.8. The van der Waals surface area contributed by atoms with Gasteiger partial charge in [0.2, 0.25) is 5.95 Å². The van der Waals surface area contributed by atoms with Gasteiger partial charge in [-0.05, 0) is 60.3 Å². The molecular formula is C31H33BrN9O3P. The number of morpholine rings is 1. The van der Waals surface area contributed by atoms with Crippen LogP contribution in [0, 0.1) is 0 Å². The summed E-state index contributed by atoms with van der Waals surface area (Å²) in [5.41, 5.74) is 7.12. The van der Waals surface area contributed by atoms with Crippen molar-refractivity contribution in [1.29, 1.82) is 0 Å². The molecule has 12 nitrogen and oxygen atoms in total. The van der Waals surface area contributed by atoms with E-state index in [1.165, 1.54) is 5.69 Å². The fourth-order valence-corrected chi connectivity index (χ4v) is 7.67. The van der Waals surface area contributed by atoms with Gasteiger partial charge in [0.15, 0.2) is 0 Å². The van der Waals surface area contributed by atoms with Crippen molar-refractivity contribution in [2.24, 2.45) is 7.05 Å². The third-order valence-corrected chi connectivity index (χ3v) is 10.0. The van der Waals surface area contributed by atoms with Crippen molar-refractivity contribution in [1.82, 2.24) is 29.7 Å². The highest BCUT2D eigenvalue weighted by molar-refractivity contribution is 9.10. The van der Waals surface area contributed by atoms with E-state index < -0.39 is 7.14 Å². The van der Waals surface area contributed by atoms with Crippen LogP contribution in [0.15, 0.2) is 53.7 Å². The summed E-state index contributed by atoms with van der Waals surface area (Å²) in [6.07, 6.45) is 10.7. The zero-order chi connectivity index (χ0) is 31.1. The van der Waals surface area contributed by atoms with Crippen molar-refractivity contribution in [3.63, 3.8) is 0 Å². The molecule has 5 heterocycles. The molecule has 2 aliphatic heterocycles. The number of hydrogen-bond acceptors (Lipinski definition) is 11. The van der Waals surface area contributed by atoms with E-state index in [1.807, 2.05) is 36.3 Å². The third-order valence-electron chi connectivity index (χ3n) is 7.91. The molecule has 0 radical (unpaired) electrons. The van der Waals surface area contributed by atoms with Crippen LogP contribution in [0.3, 0.4) is 0 Å². The van der Waals surface area contributed by atoms with Gasteiger partial charge in [-0.3, -0.25) is 14.6 Å². The van der Waals surface area contributed by atoms with E-state index >= 15 is 0 Å². The van der Waals surface area contributed by atoms with E-state index in [1.54, 1.807) is 31.9 Å². The Bertz CT molecular complexity index is 1950. The van der Waals surface area contributed by atoms with Crippen molar-refractivity contribution in [3.8, 4) is 16.9 Å². The summed E-state index contributed by atoms with van der Waals surface area (Å²) < 4.78 is 27.9. The lowest BCUT2D eigenvalue weighted by molar-refractivity contribution is 0.122. The highest BCUT2D eigenvalue weighted by atomic mass is 79.9. The summed E-state index contributed by atoms with van der Waals surface area (Å²) in [6, 6.07) is 5.83. The summed E-state index contributed by atoms with van der Waals surface area (Å²) in [7, 11) is -0.835. The fraction of sp³-hybridized carbons (Fsp3) is 0.323. The highest BCUT2D eigenvalue weighted by Gasteiger charge is 2.28. The van der Waals surface area contributed by atoms with Crippen LogP contribution in [0.2, 0.25) is 0 Å². The van der Waals surface area contributed by atoms with Gasteiger partial charge in [0.1, 0.15) is 24.2 Å². The molecule has 3 aromatic heterocycles. The Balaban J connectivity index is 1.30. The van der Waals surface area contributed by atoms with Gasteiger partial charge in [-0.1, -0.05) is 0 Å². The number of rotatable bonds is 7. The Kier molecular flexibility index (Phi) is 7.93. The first-order chi connectivity index (χ1) is 21.8. The monoisotopic (exact) mass is 689 g/mol. The Morgan fingerprint density at radius 3 is 2.60 bits per heavy atom. The number of nitrogens with zero attached hydrogens (tertiary/aromatic N) is 7. The summed E-state index contributed by atoms with van der Waals surface area (Å²) in [4.78, 5) is 20.7. The summed E-state index contributed by atoms with van der Waals surface area (Å²) in [6.45, 7) is 7.07. The van der Waals surface area contributed by atoms with Gasteiger partial charge in [0, 0.05) is 61.6 Å². The molecule has 232 valence electrons. The largest absolute Gasteiger partial charge is 0.491 e. The van der Waals surface area contributed by atoms with Crippen molar-refractivity contribution in [2.45, 2.75) is 12.8 Å². The molecule has 45 heavy (non-hydrogen) atoms. The predicted octanol–water partition coefficient (Wildman–Crippen LogP) is 5.48. The number of benzene rings is 2. The molecule has 5 aromatic rings. The number of ether oxygens (including phenoxy) is 2. The maximum atomic E-state index is 13.5. The quantitative estimate of drug-likeness (QED) is 0.211. The number of anilines is 5. The van der Waals surface area contributed by atoms with Crippen LogP contribution < -0.4 is 25.6 Å². The van der Waals surface area contributed by atoms with Crippen LogP contribution in [0.4, 0.5) is 28.8 Å². The SMILES string of the molecule is Cn1cc(-c2cc(Nc3ncc(Br)c(Nc4ccc5nccnc5c4P(C)(C)=O)n3)c3c(c2N2CCOCC2)CCCO3)cn1. The molecule has 0 amide bonds. The zero-order valence-electron chi connectivity index (χ0n) is 25.2. The van der Waals surface area contributed by atoms with Gasteiger partial charge in [-0.2, -0.15) is 10.1 Å². The molecule has 0 unspecified atom stereocenters. The molecule has 0 bridgehead atoms. The number of aromatic nitrogens is 6. The van der Waals surface area contributed by atoms with E-state index in [4.69, 9.17) is 14.5 Å². The van der Waals surface area contributed by atoms with Gasteiger partial charge in [0.05, 0.1) is 58.4 Å². The van der Waals surface area contributed by atoms with Crippen LogP contribution in [0.25, 0.3) is 22.2 Å². The van der Waals surface area contributed by atoms with Crippen molar-refractivity contribution in [2.75, 3.05) is 61.8 Å². The van der Waals surface area contributed by atoms with Crippen LogP contribution >= 0.6 is 23.1 Å². The molecule has 0 aliphatic carbocycles. The van der Waals surface area contributed by atoms with Gasteiger partial charge >= 0.3 is 0 Å². The van der Waals surface area contributed by atoms with Crippen LogP contribution in [-0.4, -0.2) is 76.0 Å². The van der Waals surface area contributed by atoms with Gasteiger partial charge < -0.3 is 29.6 Å².